The van der Waals surface area contributed by atoms with Crippen LogP contribution >= 0.6 is 0 Å². The Labute approximate surface area is 181 Å². The number of anilines is 2. The van der Waals surface area contributed by atoms with Gasteiger partial charge in [-0.25, -0.2) is 4.98 Å². The van der Waals surface area contributed by atoms with Crippen LogP contribution in [0.25, 0.3) is 0 Å². The van der Waals surface area contributed by atoms with Crippen LogP contribution in [0.15, 0.2) is 6.20 Å². The summed E-state index contributed by atoms with van der Waals surface area (Å²) in [5.74, 6) is 1.93. The van der Waals surface area contributed by atoms with Crippen molar-refractivity contribution in [2.24, 2.45) is 5.92 Å². The average molecular weight is 417 g/mol. The molecule has 1 aromatic rings. The first-order chi connectivity index (χ1) is 14.5. The fourth-order valence-electron chi connectivity index (χ4n) is 4.39. The number of amides is 1. The summed E-state index contributed by atoms with van der Waals surface area (Å²) in [5.41, 5.74) is 0.548. The van der Waals surface area contributed by atoms with Crippen molar-refractivity contribution in [2.75, 3.05) is 36.8 Å². The molecule has 1 amide bonds. The third kappa shape index (κ3) is 6.83. The van der Waals surface area contributed by atoms with E-state index < -0.39 is 0 Å². The fraction of sp³-hybridized carbons (Fsp3) is 0.783. The van der Waals surface area contributed by atoms with E-state index in [1.807, 2.05) is 0 Å². The molecule has 1 saturated heterocycles. The van der Waals surface area contributed by atoms with Crippen LogP contribution in [-0.4, -0.2) is 59.0 Å². The Hall–Kier alpha value is -1.89. The van der Waals surface area contributed by atoms with E-state index in [1.54, 1.807) is 6.20 Å². The highest BCUT2D eigenvalue weighted by Crippen LogP contribution is 2.19. The van der Waals surface area contributed by atoms with E-state index in [9.17, 15) is 4.79 Å². The van der Waals surface area contributed by atoms with Crippen LogP contribution in [0.1, 0.15) is 82.5 Å². The third-order valence-electron chi connectivity index (χ3n) is 6.45. The van der Waals surface area contributed by atoms with E-state index in [-0.39, 0.29) is 11.9 Å². The number of nitrogens with zero attached hydrogens (tertiary/aromatic N) is 3. The van der Waals surface area contributed by atoms with Crippen molar-refractivity contribution in [3.63, 3.8) is 0 Å². The SMILES string of the molecule is CC1CCCCCNc2ncc(C(=O)NC3CCN(C(C)C)CC3)c(n2)NCCC1. The molecule has 1 aromatic heterocycles. The predicted octanol–water partition coefficient (Wildman–Crippen LogP) is 3.89. The Morgan fingerprint density at radius 2 is 1.80 bits per heavy atom. The standard InChI is InChI=1S/C23H40N6O/c1-17(2)29-14-10-19(11-15-29)27-22(30)20-16-26-23-25-12-6-4-5-8-18(3)9-7-13-24-21(20)28-23/h16-19H,4-15H2,1-3H3,(H,27,30)(H2,24,25,26,28). The van der Waals surface area contributed by atoms with Crippen LogP contribution in [0.4, 0.5) is 11.8 Å². The lowest BCUT2D eigenvalue weighted by Crippen LogP contribution is -2.46. The molecule has 0 aromatic carbocycles. The van der Waals surface area contributed by atoms with Gasteiger partial charge in [0, 0.05) is 44.5 Å². The monoisotopic (exact) mass is 416 g/mol. The first-order valence-electron chi connectivity index (χ1n) is 11.9. The van der Waals surface area contributed by atoms with Gasteiger partial charge in [0.2, 0.25) is 5.95 Å². The first-order valence-corrected chi connectivity index (χ1v) is 11.9. The van der Waals surface area contributed by atoms with Gasteiger partial charge in [-0.15, -0.1) is 0 Å². The van der Waals surface area contributed by atoms with E-state index in [1.165, 1.54) is 25.7 Å². The highest BCUT2D eigenvalue weighted by atomic mass is 16.1. The molecule has 3 heterocycles. The Bertz CT molecular complexity index is 672. The Morgan fingerprint density at radius 1 is 1.07 bits per heavy atom. The van der Waals surface area contributed by atoms with Gasteiger partial charge >= 0.3 is 0 Å². The average Bonchev–Trinajstić information content (AvgIpc) is 2.73. The maximum atomic E-state index is 13.0. The van der Waals surface area contributed by atoms with Crippen LogP contribution < -0.4 is 16.0 Å². The minimum atomic E-state index is -0.0680. The Morgan fingerprint density at radius 3 is 2.57 bits per heavy atom. The normalized spacial score (nSPS) is 22.6. The summed E-state index contributed by atoms with van der Waals surface area (Å²) in [6, 6.07) is 0.783. The molecule has 2 aliphatic rings. The molecule has 0 saturated carbocycles. The number of rotatable bonds is 3. The highest BCUT2D eigenvalue weighted by molar-refractivity contribution is 5.98. The summed E-state index contributed by atoms with van der Waals surface area (Å²) in [4.78, 5) is 24.5. The first kappa shape index (κ1) is 22.8. The third-order valence-corrected chi connectivity index (χ3v) is 6.45. The smallest absolute Gasteiger partial charge is 0.256 e. The second-order valence-corrected chi connectivity index (χ2v) is 9.28. The molecular weight excluding hydrogens is 376 g/mol. The molecule has 30 heavy (non-hydrogen) atoms. The largest absolute Gasteiger partial charge is 0.369 e. The minimum Gasteiger partial charge on any atom is -0.369 e. The Kier molecular flexibility index (Phi) is 8.73. The zero-order chi connectivity index (χ0) is 21.3. The number of hydrogen-bond acceptors (Lipinski definition) is 6. The number of carbonyl (C=O) groups is 1. The maximum Gasteiger partial charge on any atom is 0.256 e. The van der Waals surface area contributed by atoms with E-state index in [0.717, 1.165) is 57.8 Å². The van der Waals surface area contributed by atoms with Crippen molar-refractivity contribution in [1.29, 1.82) is 0 Å². The summed E-state index contributed by atoms with van der Waals surface area (Å²) >= 11 is 0. The maximum absolute atomic E-state index is 13.0. The van der Waals surface area contributed by atoms with Crippen LogP contribution in [0.2, 0.25) is 0 Å². The van der Waals surface area contributed by atoms with Crippen molar-refractivity contribution in [2.45, 2.75) is 84.2 Å². The molecule has 3 rings (SSSR count). The van der Waals surface area contributed by atoms with Gasteiger partial charge in [-0.3, -0.25) is 4.79 Å². The zero-order valence-corrected chi connectivity index (χ0v) is 19.0. The topological polar surface area (TPSA) is 82.2 Å². The van der Waals surface area contributed by atoms with Gasteiger partial charge in [-0.05, 0) is 51.9 Å². The van der Waals surface area contributed by atoms with Gasteiger partial charge in [-0.1, -0.05) is 26.2 Å². The second kappa shape index (κ2) is 11.5. The van der Waals surface area contributed by atoms with Crippen molar-refractivity contribution < 1.29 is 4.79 Å². The van der Waals surface area contributed by atoms with Crippen molar-refractivity contribution in [1.82, 2.24) is 20.2 Å². The predicted molar refractivity (Wildman–Crippen MR) is 123 cm³/mol. The molecule has 0 spiro atoms. The van der Waals surface area contributed by atoms with E-state index >= 15 is 0 Å². The summed E-state index contributed by atoms with van der Waals surface area (Å²) in [6.45, 7) is 10.6. The van der Waals surface area contributed by atoms with Gasteiger partial charge in [0.05, 0.1) is 0 Å². The van der Waals surface area contributed by atoms with Gasteiger partial charge in [0.25, 0.3) is 5.91 Å². The summed E-state index contributed by atoms with van der Waals surface area (Å²) < 4.78 is 0. The number of nitrogens with one attached hydrogen (secondary N) is 3. The molecular formula is C23H40N6O. The lowest BCUT2D eigenvalue weighted by Gasteiger charge is -2.34. The van der Waals surface area contributed by atoms with Crippen molar-refractivity contribution >= 4 is 17.7 Å². The highest BCUT2D eigenvalue weighted by Gasteiger charge is 2.24. The van der Waals surface area contributed by atoms with Crippen LogP contribution in [0.5, 0.6) is 0 Å². The molecule has 0 radical (unpaired) electrons. The van der Waals surface area contributed by atoms with Gasteiger partial charge < -0.3 is 20.9 Å². The molecule has 168 valence electrons. The molecule has 2 bridgehead atoms. The number of carbonyl (C=O) groups excluding carboxylic acids is 1. The number of hydrogen-bond donors (Lipinski definition) is 3. The quantitative estimate of drug-likeness (QED) is 0.693. The lowest BCUT2D eigenvalue weighted by molar-refractivity contribution is 0.0901. The lowest BCUT2D eigenvalue weighted by atomic mass is 9.98. The number of piperidine rings is 1. The van der Waals surface area contributed by atoms with Crippen molar-refractivity contribution in [3.05, 3.63) is 11.8 Å². The van der Waals surface area contributed by atoms with Crippen LogP contribution in [-0.2, 0) is 0 Å². The summed E-state index contributed by atoms with van der Waals surface area (Å²) in [6.07, 6.45) is 10.9. The molecule has 2 aliphatic heterocycles. The second-order valence-electron chi connectivity index (χ2n) is 9.28. The van der Waals surface area contributed by atoms with E-state index in [0.29, 0.717) is 23.4 Å². The number of aromatic nitrogens is 2. The van der Waals surface area contributed by atoms with Crippen molar-refractivity contribution in [3.8, 4) is 0 Å². The fourth-order valence-corrected chi connectivity index (χ4v) is 4.39. The van der Waals surface area contributed by atoms with E-state index in [4.69, 9.17) is 0 Å². The molecule has 7 nitrogen and oxygen atoms in total. The molecule has 1 unspecified atom stereocenters. The molecule has 7 heteroatoms. The van der Waals surface area contributed by atoms with Gasteiger partial charge in [-0.2, -0.15) is 4.98 Å². The van der Waals surface area contributed by atoms with Crippen LogP contribution in [0, 0.1) is 5.92 Å². The molecule has 3 N–H and O–H groups in total. The zero-order valence-electron chi connectivity index (χ0n) is 19.0. The number of fused-ring (bicyclic) bond motifs is 2. The minimum absolute atomic E-state index is 0.0680. The van der Waals surface area contributed by atoms with Gasteiger partial charge in [0.1, 0.15) is 11.4 Å². The van der Waals surface area contributed by atoms with E-state index in [2.05, 4.69) is 51.6 Å². The summed E-state index contributed by atoms with van der Waals surface area (Å²) in [5, 5.41) is 9.94. The van der Waals surface area contributed by atoms with Crippen LogP contribution in [0.3, 0.4) is 0 Å². The van der Waals surface area contributed by atoms with Gasteiger partial charge in [0.15, 0.2) is 0 Å². The molecule has 0 aliphatic carbocycles. The number of likely N-dealkylation sites (tertiary alicyclic amines) is 1. The Balaban J connectivity index is 1.64. The summed E-state index contributed by atoms with van der Waals surface area (Å²) in [7, 11) is 0. The molecule has 1 fully saturated rings. The molecule has 1 atom stereocenters.